The van der Waals surface area contributed by atoms with Gasteiger partial charge in [-0.1, -0.05) is 95.7 Å². The van der Waals surface area contributed by atoms with E-state index in [9.17, 15) is 0 Å². The van der Waals surface area contributed by atoms with Gasteiger partial charge in [0.15, 0.2) is 0 Å². The number of rotatable bonds is 11. The lowest BCUT2D eigenvalue weighted by atomic mass is 9.85. The molecular weight excluding hydrogens is 248 g/mol. The maximum absolute atomic E-state index is 5.10. The van der Waals surface area contributed by atoms with Crippen LogP contribution in [0.2, 0.25) is 0 Å². The first kappa shape index (κ1) is 17.1. The standard InChI is InChI=1S/C18H34S/c1-17(19)13-9-6-4-2-3-5-7-10-14-18-15-11-8-12-16-18/h18H,2-16H2,1H3. The topological polar surface area (TPSA) is 0 Å². The maximum atomic E-state index is 5.10. The number of unbranched alkanes of at least 4 members (excludes halogenated alkanes) is 7. The normalized spacial score (nSPS) is 16.7. The minimum absolute atomic E-state index is 1.09. The fourth-order valence-electron chi connectivity index (χ4n) is 3.34. The highest BCUT2D eigenvalue weighted by molar-refractivity contribution is 7.80. The Hall–Kier alpha value is 0.0900. The Labute approximate surface area is 126 Å². The summed E-state index contributed by atoms with van der Waals surface area (Å²) in [5, 5.41) is 0. The second-order valence-corrected chi connectivity index (χ2v) is 7.27. The predicted octanol–water partition coefficient (Wildman–Crippen LogP) is 6.86. The van der Waals surface area contributed by atoms with Gasteiger partial charge in [-0.25, -0.2) is 0 Å². The Morgan fingerprint density at radius 3 is 1.89 bits per heavy atom. The molecule has 0 heterocycles. The summed E-state index contributed by atoms with van der Waals surface area (Å²) in [5.41, 5.74) is 0. The van der Waals surface area contributed by atoms with Gasteiger partial charge >= 0.3 is 0 Å². The summed E-state index contributed by atoms with van der Waals surface area (Å²) in [4.78, 5) is 1.18. The van der Waals surface area contributed by atoms with Gasteiger partial charge in [-0.05, 0) is 30.5 Å². The molecule has 0 nitrogen and oxygen atoms in total. The minimum Gasteiger partial charge on any atom is -0.0900 e. The van der Waals surface area contributed by atoms with Crippen LogP contribution in [0.4, 0.5) is 0 Å². The summed E-state index contributed by atoms with van der Waals surface area (Å²) in [7, 11) is 0. The van der Waals surface area contributed by atoms with E-state index in [-0.39, 0.29) is 0 Å². The molecule has 1 rings (SSSR count). The summed E-state index contributed by atoms with van der Waals surface area (Å²) in [6.07, 6.45) is 21.7. The number of hydrogen-bond donors (Lipinski definition) is 0. The van der Waals surface area contributed by atoms with Crippen molar-refractivity contribution in [1.29, 1.82) is 0 Å². The molecule has 0 bridgehead atoms. The Bertz CT molecular complexity index is 216. The molecule has 1 heteroatoms. The Morgan fingerprint density at radius 1 is 0.789 bits per heavy atom. The molecule has 0 aromatic heterocycles. The van der Waals surface area contributed by atoms with Crippen molar-refractivity contribution in [2.24, 2.45) is 5.92 Å². The largest absolute Gasteiger partial charge is 0.0900 e. The molecule has 0 aliphatic heterocycles. The van der Waals surface area contributed by atoms with Crippen molar-refractivity contribution in [3.63, 3.8) is 0 Å². The molecule has 1 saturated carbocycles. The van der Waals surface area contributed by atoms with Gasteiger partial charge in [-0.3, -0.25) is 0 Å². The van der Waals surface area contributed by atoms with E-state index < -0.39 is 0 Å². The molecule has 0 spiro atoms. The Balaban J connectivity index is 1.74. The van der Waals surface area contributed by atoms with Crippen LogP contribution in [0.1, 0.15) is 103 Å². The smallest absolute Gasteiger partial charge is 0.0102 e. The summed E-state index contributed by atoms with van der Waals surface area (Å²) >= 11 is 5.10. The molecule has 1 aliphatic rings. The van der Waals surface area contributed by atoms with Gasteiger partial charge in [-0.2, -0.15) is 0 Å². The van der Waals surface area contributed by atoms with Crippen LogP contribution in [-0.2, 0) is 0 Å². The van der Waals surface area contributed by atoms with E-state index in [0.29, 0.717) is 0 Å². The third-order valence-electron chi connectivity index (χ3n) is 4.62. The first-order chi connectivity index (χ1) is 9.29. The lowest BCUT2D eigenvalue weighted by molar-refractivity contribution is 0.328. The van der Waals surface area contributed by atoms with Crippen molar-refractivity contribution in [3.8, 4) is 0 Å². The molecule has 0 aromatic carbocycles. The molecule has 0 atom stereocenters. The molecule has 0 N–H and O–H groups in total. The molecule has 112 valence electrons. The first-order valence-electron chi connectivity index (χ1n) is 8.78. The van der Waals surface area contributed by atoms with E-state index in [1.165, 1.54) is 94.8 Å². The van der Waals surface area contributed by atoms with E-state index in [2.05, 4.69) is 6.92 Å². The summed E-state index contributed by atoms with van der Waals surface area (Å²) < 4.78 is 0. The summed E-state index contributed by atoms with van der Waals surface area (Å²) in [6, 6.07) is 0. The van der Waals surface area contributed by atoms with Crippen LogP contribution in [0.3, 0.4) is 0 Å². The zero-order valence-corrected chi connectivity index (χ0v) is 13.9. The van der Waals surface area contributed by atoms with Crippen molar-refractivity contribution >= 4 is 17.1 Å². The second kappa shape index (κ2) is 11.9. The van der Waals surface area contributed by atoms with Gasteiger partial charge < -0.3 is 0 Å². The molecular formula is C18H34S. The first-order valence-corrected chi connectivity index (χ1v) is 9.19. The van der Waals surface area contributed by atoms with E-state index in [1.807, 2.05) is 0 Å². The average molecular weight is 283 g/mol. The molecule has 1 fully saturated rings. The number of hydrogen-bond acceptors (Lipinski definition) is 1. The second-order valence-electron chi connectivity index (χ2n) is 6.57. The van der Waals surface area contributed by atoms with Crippen molar-refractivity contribution in [1.82, 2.24) is 0 Å². The highest BCUT2D eigenvalue weighted by Gasteiger charge is 2.12. The van der Waals surface area contributed by atoms with Crippen LogP contribution >= 0.6 is 12.2 Å². The monoisotopic (exact) mass is 282 g/mol. The van der Waals surface area contributed by atoms with Gasteiger partial charge in [0.25, 0.3) is 0 Å². The SMILES string of the molecule is CC(=S)CCCCCCCCCCC1CCCCC1. The van der Waals surface area contributed by atoms with Gasteiger partial charge in [0.05, 0.1) is 0 Å². The zero-order chi connectivity index (χ0) is 13.8. The van der Waals surface area contributed by atoms with Crippen LogP contribution in [0.15, 0.2) is 0 Å². The molecule has 0 saturated heterocycles. The van der Waals surface area contributed by atoms with Crippen LogP contribution in [0.25, 0.3) is 0 Å². The highest BCUT2D eigenvalue weighted by atomic mass is 32.1. The fourth-order valence-corrected chi connectivity index (χ4v) is 3.49. The van der Waals surface area contributed by atoms with Crippen LogP contribution < -0.4 is 0 Å². The lowest BCUT2D eigenvalue weighted by Gasteiger charge is -2.21. The third kappa shape index (κ3) is 10.5. The van der Waals surface area contributed by atoms with Crippen molar-refractivity contribution < 1.29 is 0 Å². The van der Waals surface area contributed by atoms with Crippen molar-refractivity contribution in [2.45, 2.75) is 103 Å². The van der Waals surface area contributed by atoms with Crippen LogP contribution in [0, 0.1) is 5.92 Å². The molecule has 0 amide bonds. The van der Waals surface area contributed by atoms with Gasteiger partial charge in [-0.15, -0.1) is 0 Å². The average Bonchev–Trinajstić information content (AvgIpc) is 2.42. The van der Waals surface area contributed by atoms with Gasteiger partial charge in [0.1, 0.15) is 0 Å². The van der Waals surface area contributed by atoms with Crippen molar-refractivity contribution in [3.05, 3.63) is 0 Å². The fraction of sp³-hybridized carbons (Fsp3) is 0.944. The van der Waals surface area contributed by atoms with E-state index in [4.69, 9.17) is 12.2 Å². The predicted molar refractivity (Wildman–Crippen MR) is 91.0 cm³/mol. The minimum atomic E-state index is 1.09. The van der Waals surface area contributed by atoms with E-state index in [1.54, 1.807) is 0 Å². The Morgan fingerprint density at radius 2 is 1.32 bits per heavy atom. The Kier molecular flexibility index (Phi) is 10.7. The lowest BCUT2D eigenvalue weighted by Crippen LogP contribution is -2.05. The number of thiocarbonyl (C=S) groups is 1. The summed E-state index contributed by atoms with van der Waals surface area (Å²) in [6.45, 7) is 2.07. The van der Waals surface area contributed by atoms with Crippen LogP contribution in [-0.4, -0.2) is 4.86 Å². The molecule has 19 heavy (non-hydrogen) atoms. The van der Waals surface area contributed by atoms with Gasteiger partial charge in [0, 0.05) is 0 Å². The molecule has 1 aliphatic carbocycles. The summed E-state index contributed by atoms with van der Waals surface area (Å²) in [5.74, 6) is 1.09. The quantitative estimate of drug-likeness (QED) is 0.295. The third-order valence-corrected chi connectivity index (χ3v) is 4.82. The van der Waals surface area contributed by atoms with Crippen LogP contribution in [0.5, 0.6) is 0 Å². The zero-order valence-electron chi connectivity index (χ0n) is 13.1. The maximum Gasteiger partial charge on any atom is -0.0102 e. The molecule has 0 unspecified atom stereocenters. The van der Waals surface area contributed by atoms with Crippen molar-refractivity contribution in [2.75, 3.05) is 0 Å². The van der Waals surface area contributed by atoms with Gasteiger partial charge in [0.2, 0.25) is 0 Å². The molecule has 0 aromatic rings. The highest BCUT2D eigenvalue weighted by Crippen LogP contribution is 2.28. The van der Waals surface area contributed by atoms with E-state index >= 15 is 0 Å². The molecule has 0 radical (unpaired) electrons. The van der Waals surface area contributed by atoms with E-state index in [0.717, 1.165) is 12.3 Å².